The number of aryl methyl sites for hydroxylation is 4. The van der Waals surface area contributed by atoms with Crippen molar-refractivity contribution < 1.29 is 0 Å². The average Bonchev–Trinajstić information content (AvgIpc) is 2.57. The van der Waals surface area contributed by atoms with E-state index in [0.29, 0.717) is 5.56 Å². The second kappa shape index (κ2) is 6.34. The highest BCUT2D eigenvalue weighted by Crippen LogP contribution is 2.31. The Hall–Kier alpha value is -2.85. The average molecular weight is 311 g/mol. The van der Waals surface area contributed by atoms with Gasteiger partial charge in [-0.05, 0) is 84.3 Å². The van der Waals surface area contributed by atoms with Crippen molar-refractivity contribution in [2.24, 2.45) is 0 Å². The fraction of sp³-hybridized carbons (Fsp3) is 0.174. The van der Waals surface area contributed by atoms with Crippen molar-refractivity contribution in [1.82, 2.24) is 0 Å². The smallest absolute Gasteiger partial charge is 0.0991 e. The van der Waals surface area contributed by atoms with Gasteiger partial charge in [0, 0.05) is 0 Å². The molecule has 0 aliphatic heterocycles. The molecule has 0 aliphatic rings. The molecular weight excluding hydrogens is 290 g/mol. The molecule has 0 atom stereocenters. The third-order valence-corrected chi connectivity index (χ3v) is 4.71. The first kappa shape index (κ1) is 16.0. The number of nitrogens with zero attached hydrogens (tertiary/aromatic N) is 1. The summed E-state index contributed by atoms with van der Waals surface area (Å²) in [5, 5.41) is 9.02. The Kier molecular flexibility index (Phi) is 4.23. The number of hydrogen-bond donors (Lipinski definition) is 0. The van der Waals surface area contributed by atoms with Crippen LogP contribution in [-0.4, -0.2) is 0 Å². The van der Waals surface area contributed by atoms with E-state index in [1.54, 1.807) is 0 Å². The van der Waals surface area contributed by atoms with Gasteiger partial charge in [0.05, 0.1) is 11.6 Å². The van der Waals surface area contributed by atoms with Crippen molar-refractivity contribution in [2.45, 2.75) is 27.7 Å². The van der Waals surface area contributed by atoms with E-state index in [2.05, 4.69) is 70.2 Å². The van der Waals surface area contributed by atoms with Gasteiger partial charge in [-0.15, -0.1) is 0 Å². The maximum absolute atomic E-state index is 9.02. The zero-order valence-corrected chi connectivity index (χ0v) is 14.6. The Labute approximate surface area is 144 Å². The molecule has 0 amide bonds. The lowest BCUT2D eigenvalue weighted by atomic mass is 9.92. The number of hydrogen-bond acceptors (Lipinski definition) is 1. The van der Waals surface area contributed by atoms with E-state index in [-0.39, 0.29) is 0 Å². The van der Waals surface area contributed by atoms with Crippen molar-refractivity contribution in [3.05, 3.63) is 82.4 Å². The van der Waals surface area contributed by atoms with Gasteiger partial charge in [-0.2, -0.15) is 5.26 Å². The maximum Gasteiger partial charge on any atom is 0.0991 e. The first-order valence-corrected chi connectivity index (χ1v) is 8.19. The highest BCUT2D eigenvalue weighted by atomic mass is 14.2. The summed E-state index contributed by atoms with van der Waals surface area (Å²) < 4.78 is 0. The molecule has 3 aromatic rings. The molecule has 0 bridgehead atoms. The van der Waals surface area contributed by atoms with Gasteiger partial charge in [-0.3, -0.25) is 0 Å². The van der Waals surface area contributed by atoms with Crippen LogP contribution >= 0.6 is 0 Å². The SMILES string of the molecule is Cc1ccc(-c2ccc(-c3ccc(C#N)cc3C)cc2C)cc1C. The van der Waals surface area contributed by atoms with Gasteiger partial charge in [0.2, 0.25) is 0 Å². The summed E-state index contributed by atoms with van der Waals surface area (Å²) in [6.07, 6.45) is 0. The molecule has 3 aromatic carbocycles. The number of nitriles is 1. The van der Waals surface area contributed by atoms with Gasteiger partial charge < -0.3 is 0 Å². The molecule has 0 heterocycles. The monoisotopic (exact) mass is 311 g/mol. The second-order valence-corrected chi connectivity index (χ2v) is 6.47. The fourth-order valence-electron chi connectivity index (χ4n) is 3.12. The van der Waals surface area contributed by atoms with Gasteiger partial charge in [0.25, 0.3) is 0 Å². The van der Waals surface area contributed by atoms with Crippen LogP contribution in [0.4, 0.5) is 0 Å². The predicted octanol–water partition coefficient (Wildman–Crippen LogP) is 6.13. The topological polar surface area (TPSA) is 23.8 Å². The lowest BCUT2D eigenvalue weighted by Crippen LogP contribution is -1.90. The minimum Gasteiger partial charge on any atom is -0.192 e. The van der Waals surface area contributed by atoms with Gasteiger partial charge in [-0.25, -0.2) is 0 Å². The van der Waals surface area contributed by atoms with Gasteiger partial charge in [0.15, 0.2) is 0 Å². The molecule has 118 valence electrons. The van der Waals surface area contributed by atoms with Crippen molar-refractivity contribution in [2.75, 3.05) is 0 Å². The maximum atomic E-state index is 9.02. The van der Waals surface area contributed by atoms with E-state index in [1.165, 1.54) is 38.9 Å². The van der Waals surface area contributed by atoms with Crippen LogP contribution in [0.5, 0.6) is 0 Å². The van der Waals surface area contributed by atoms with Gasteiger partial charge in [0.1, 0.15) is 0 Å². The largest absolute Gasteiger partial charge is 0.192 e. The summed E-state index contributed by atoms with van der Waals surface area (Å²) in [5.41, 5.74) is 10.7. The van der Waals surface area contributed by atoms with Crippen molar-refractivity contribution in [1.29, 1.82) is 5.26 Å². The standard InChI is InChI=1S/C23H21N/c1-15-5-7-20(12-16(15)2)23-10-8-21(13-18(23)4)22-9-6-19(14-24)11-17(22)3/h5-13H,1-4H3. The van der Waals surface area contributed by atoms with Crippen LogP contribution in [0.15, 0.2) is 54.6 Å². The predicted molar refractivity (Wildman–Crippen MR) is 101 cm³/mol. The van der Waals surface area contributed by atoms with E-state index in [0.717, 1.165) is 5.56 Å². The van der Waals surface area contributed by atoms with Crippen LogP contribution in [0.3, 0.4) is 0 Å². The van der Waals surface area contributed by atoms with Crippen molar-refractivity contribution in [3.8, 4) is 28.3 Å². The summed E-state index contributed by atoms with van der Waals surface area (Å²) in [5.74, 6) is 0. The molecule has 0 unspecified atom stereocenters. The Bertz CT molecular complexity index is 958. The molecular formula is C23H21N. The molecule has 1 nitrogen and oxygen atoms in total. The van der Waals surface area contributed by atoms with Crippen LogP contribution in [-0.2, 0) is 0 Å². The van der Waals surface area contributed by atoms with Crippen LogP contribution in [0.25, 0.3) is 22.3 Å². The Morgan fingerprint density at radius 1 is 0.583 bits per heavy atom. The zero-order valence-electron chi connectivity index (χ0n) is 14.6. The molecule has 3 rings (SSSR count). The minimum atomic E-state index is 0.708. The minimum absolute atomic E-state index is 0.708. The van der Waals surface area contributed by atoms with Crippen LogP contribution in [0.1, 0.15) is 27.8 Å². The highest BCUT2D eigenvalue weighted by Gasteiger charge is 2.08. The zero-order chi connectivity index (χ0) is 17.3. The third kappa shape index (κ3) is 2.96. The van der Waals surface area contributed by atoms with Crippen LogP contribution in [0.2, 0.25) is 0 Å². The molecule has 0 spiro atoms. The lowest BCUT2D eigenvalue weighted by Gasteiger charge is -2.12. The van der Waals surface area contributed by atoms with Crippen LogP contribution < -0.4 is 0 Å². The highest BCUT2D eigenvalue weighted by molar-refractivity contribution is 5.75. The van der Waals surface area contributed by atoms with E-state index in [9.17, 15) is 0 Å². The molecule has 0 aliphatic carbocycles. The van der Waals surface area contributed by atoms with Gasteiger partial charge >= 0.3 is 0 Å². The molecule has 1 heteroatoms. The molecule has 0 saturated carbocycles. The summed E-state index contributed by atoms with van der Waals surface area (Å²) in [4.78, 5) is 0. The second-order valence-electron chi connectivity index (χ2n) is 6.47. The van der Waals surface area contributed by atoms with Crippen molar-refractivity contribution in [3.63, 3.8) is 0 Å². The molecule has 0 fully saturated rings. The van der Waals surface area contributed by atoms with Crippen molar-refractivity contribution >= 4 is 0 Å². The Morgan fingerprint density at radius 2 is 1.12 bits per heavy atom. The Morgan fingerprint density at radius 3 is 1.67 bits per heavy atom. The first-order valence-electron chi connectivity index (χ1n) is 8.19. The lowest BCUT2D eigenvalue weighted by molar-refractivity contribution is 1.33. The quantitative estimate of drug-likeness (QED) is 0.559. The fourth-order valence-corrected chi connectivity index (χ4v) is 3.12. The molecule has 24 heavy (non-hydrogen) atoms. The first-order chi connectivity index (χ1) is 11.5. The Balaban J connectivity index is 2.04. The third-order valence-electron chi connectivity index (χ3n) is 4.71. The van der Waals surface area contributed by atoms with Gasteiger partial charge in [-0.1, -0.05) is 42.5 Å². The summed E-state index contributed by atoms with van der Waals surface area (Å²) in [6, 6.07) is 21.3. The number of rotatable bonds is 2. The van der Waals surface area contributed by atoms with E-state index in [1.807, 2.05) is 18.2 Å². The van der Waals surface area contributed by atoms with E-state index < -0.39 is 0 Å². The molecule has 0 aromatic heterocycles. The van der Waals surface area contributed by atoms with Crippen LogP contribution in [0, 0.1) is 39.0 Å². The summed E-state index contributed by atoms with van der Waals surface area (Å²) in [6.45, 7) is 8.52. The summed E-state index contributed by atoms with van der Waals surface area (Å²) in [7, 11) is 0. The normalized spacial score (nSPS) is 10.5. The number of benzene rings is 3. The van der Waals surface area contributed by atoms with E-state index in [4.69, 9.17) is 5.26 Å². The molecule has 0 saturated heterocycles. The summed E-state index contributed by atoms with van der Waals surface area (Å²) >= 11 is 0. The molecule has 0 radical (unpaired) electrons. The van der Waals surface area contributed by atoms with E-state index >= 15 is 0 Å². The molecule has 0 N–H and O–H groups in total.